The van der Waals surface area contributed by atoms with Crippen molar-refractivity contribution in [2.75, 3.05) is 26.4 Å². The summed E-state index contributed by atoms with van der Waals surface area (Å²) >= 11 is 0. The first-order valence-electron chi connectivity index (χ1n) is 11.3. The normalized spacial score (nSPS) is 18.5. The lowest BCUT2D eigenvalue weighted by Crippen LogP contribution is -2.40. The van der Waals surface area contributed by atoms with Crippen LogP contribution >= 0.6 is 0 Å². The summed E-state index contributed by atoms with van der Waals surface area (Å²) in [5, 5.41) is 7.85. The number of hydrogen-bond donors (Lipinski definition) is 1. The maximum atomic E-state index is 13.8. The number of rotatable bonds is 6. The van der Waals surface area contributed by atoms with Crippen molar-refractivity contribution in [1.82, 2.24) is 15.1 Å². The Morgan fingerprint density at radius 2 is 2.09 bits per heavy atom. The predicted molar refractivity (Wildman–Crippen MR) is 116 cm³/mol. The number of halogens is 1. The molecular formula is C24H30FN3O4. The Balaban J connectivity index is 1.51. The van der Waals surface area contributed by atoms with Crippen LogP contribution in [0.4, 0.5) is 4.39 Å². The third-order valence-corrected chi connectivity index (χ3v) is 6.51. The van der Waals surface area contributed by atoms with Gasteiger partial charge in [0.2, 0.25) is 0 Å². The molecule has 3 heterocycles. The predicted octanol–water partition coefficient (Wildman–Crippen LogP) is 3.16. The second-order valence-electron chi connectivity index (χ2n) is 8.95. The van der Waals surface area contributed by atoms with Crippen molar-refractivity contribution >= 4 is 11.9 Å². The summed E-state index contributed by atoms with van der Waals surface area (Å²) in [6.45, 7) is 6.72. The van der Waals surface area contributed by atoms with Crippen LogP contribution in [0.2, 0.25) is 0 Å². The molecule has 1 fully saturated rings. The van der Waals surface area contributed by atoms with Gasteiger partial charge in [0.05, 0.1) is 17.9 Å². The Labute approximate surface area is 187 Å². The molecule has 172 valence electrons. The minimum atomic E-state index is -0.673. The summed E-state index contributed by atoms with van der Waals surface area (Å²) in [6.07, 6.45) is 3.15. The Hall–Kier alpha value is -2.74. The molecule has 1 spiro atoms. The molecule has 1 amide bonds. The van der Waals surface area contributed by atoms with Gasteiger partial charge in [-0.25, -0.2) is 9.18 Å². The van der Waals surface area contributed by atoms with Crippen LogP contribution in [0.1, 0.15) is 58.8 Å². The van der Waals surface area contributed by atoms with E-state index in [2.05, 4.69) is 5.32 Å². The van der Waals surface area contributed by atoms with Gasteiger partial charge >= 0.3 is 5.97 Å². The van der Waals surface area contributed by atoms with Crippen LogP contribution in [0.5, 0.6) is 0 Å². The lowest BCUT2D eigenvalue weighted by Gasteiger charge is -2.36. The molecule has 1 aromatic heterocycles. The van der Waals surface area contributed by atoms with E-state index in [9.17, 15) is 14.0 Å². The van der Waals surface area contributed by atoms with Crippen LogP contribution in [0.3, 0.4) is 0 Å². The fraction of sp³-hybridized carbons (Fsp3) is 0.542. The molecule has 7 nitrogen and oxygen atoms in total. The highest BCUT2D eigenvalue weighted by Crippen LogP contribution is 2.38. The van der Waals surface area contributed by atoms with Gasteiger partial charge in [-0.3, -0.25) is 9.48 Å². The SMILES string of the molecule is CCn1nc(C[C@@H](C)COC(=O)c2ccccc2F)c2c1C(=O)NCC1(CCOCC1)C2. The van der Waals surface area contributed by atoms with Crippen LogP contribution in [-0.2, 0) is 28.9 Å². The summed E-state index contributed by atoms with van der Waals surface area (Å²) in [5.74, 6) is -1.38. The highest BCUT2D eigenvalue weighted by molar-refractivity contribution is 5.94. The van der Waals surface area contributed by atoms with Gasteiger partial charge in [-0.2, -0.15) is 5.10 Å². The van der Waals surface area contributed by atoms with Gasteiger partial charge in [-0.15, -0.1) is 0 Å². The van der Waals surface area contributed by atoms with E-state index in [1.54, 1.807) is 10.7 Å². The zero-order chi connectivity index (χ0) is 22.7. The first-order valence-corrected chi connectivity index (χ1v) is 11.3. The molecule has 1 N–H and O–H groups in total. The number of ether oxygens (including phenoxy) is 2. The quantitative estimate of drug-likeness (QED) is 0.694. The van der Waals surface area contributed by atoms with Crippen molar-refractivity contribution in [1.29, 1.82) is 0 Å². The van der Waals surface area contributed by atoms with Gasteiger partial charge in [0.25, 0.3) is 5.91 Å². The molecule has 0 saturated carbocycles. The number of hydrogen-bond acceptors (Lipinski definition) is 5. The number of nitrogens with zero attached hydrogens (tertiary/aromatic N) is 2. The summed E-state index contributed by atoms with van der Waals surface area (Å²) in [7, 11) is 0. The topological polar surface area (TPSA) is 82.5 Å². The number of carbonyl (C=O) groups is 2. The Morgan fingerprint density at radius 3 is 2.81 bits per heavy atom. The molecule has 8 heteroatoms. The van der Waals surface area contributed by atoms with Crippen molar-refractivity contribution in [3.63, 3.8) is 0 Å². The van der Waals surface area contributed by atoms with Crippen molar-refractivity contribution in [2.45, 2.75) is 46.1 Å². The molecule has 4 rings (SSSR count). The molecule has 0 unspecified atom stereocenters. The van der Waals surface area contributed by atoms with Crippen molar-refractivity contribution in [2.24, 2.45) is 11.3 Å². The maximum absolute atomic E-state index is 13.8. The van der Waals surface area contributed by atoms with Gasteiger partial charge in [0.1, 0.15) is 11.5 Å². The molecular weight excluding hydrogens is 413 g/mol. The third kappa shape index (κ3) is 4.55. The molecule has 1 saturated heterocycles. The number of fused-ring (bicyclic) bond motifs is 1. The molecule has 32 heavy (non-hydrogen) atoms. The Bertz CT molecular complexity index is 997. The van der Waals surface area contributed by atoms with Gasteiger partial charge in [0, 0.05) is 31.9 Å². The first-order chi connectivity index (χ1) is 15.4. The highest BCUT2D eigenvalue weighted by atomic mass is 19.1. The maximum Gasteiger partial charge on any atom is 0.341 e. The molecule has 2 aliphatic rings. The molecule has 0 radical (unpaired) electrons. The van der Waals surface area contributed by atoms with E-state index in [1.165, 1.54) is 18.2 Å². The molecule has 1 atom stereocenters. The minimum Gasteiger partial charge on any atom is -0.462 e. The van der Waals surface area contributed by atoms with E-state index in [0.717, 1.165) is 30.5 Å². The average Bonchev–Trinajstić information content (AvgIpc) is 3.06. The van der Waals surface area contributed by atoms with Crippen molar-refractivity contribution in [3.8, 4) is 0 Å². The van der Waals surface area contributed by atoms with Crippen LogP contribution in [0.25, 0.3) is 0 Å². The first kappa shape index (κ1) is 22.5. The van der Waals surface area contributed by atoms with Gasteiger partial charge < -0.3 is 14.8 Å². The molecule has 2 aromatic rings. The van der Waals surface area contributed by atoms with Crippen molar-refractivity contribution in [3.05, 3.63) is 52.6 Å². The number of carbonyl (C=O) groups excluding carboxylic acids is 2. The standard InChI is InChI=1S/C24H30FN3O4/c1-3-28-21-18(13-24(15-26-22(21)29)8-10-31-11-9-24)20(27-28)12-16(2)14-32-23(30)17-6-4-5-7-19(17)25/h4-7,16H,3,8-15H2,1-2H3,(H,26,29)/t16-/m1/s1. The minimum absolute atomic E-state index is 0.0178. The Kier molecular flexibility index (Phi) is 6.60. The summed E-state index contributed by atoms with van der Waals surface area (Å²) in [4.78, 5) is 25.2. The second kappa shape index (κ2) is 9.40. The molecule has 1 aromatic carbocycles. The summed E-state index contributed by atoms with van der Waals surface area (Å²) in [5.41, 5.74) is 2.43. The molecule has 2 aliphatic heterocycles. The third-order valence-electron chi connectivity index (χ3n) is 6.51. The monoisotopic (exact) mass is 443 g/mol. The van der Waals surface area contributed by atoms with Crippen molar-refractivity contribution < 1.29 is 23.5 Å². The Morgan fingerprint density at radius 1 is 1.34 bits per heavy atom. The fourth-order valence-electron chi connectivity index (χ4n) is 4.64. The summed E-state index contributed by atoms with van der Waals surface area (Å²) in [6, 6.07) is 5.79. The molecule has 0 aliphatic carbocycles. The number of esters is 1. The lowest BCUT2D eigenvalue weighted by atomic mass is 9.75. The zero-order valence-electron chi connectivity index (χ0n) is 18.7. The van der Waals surface area contributed by atoms with E-state index in [1.807, 2.05) is 13.8 Å². The van der Waals surface area contributed by atoms with E-state index < -0.39 is 11.8 Å². The smallest absolute Gasteiger partial charge is 0.341 e. The van der Waals surface area contributed by atoms with Crippen LogP contribution in [0.15, 0.2) is 24.3 Å². The van der Waals surface area contributed by atoms with Crippen LogP contribution in [0, 0.1) is 17.2 Å². The van der Waals surface area contributed by atoms with Crippen LogP contribution < -0.4 is 5.32 Å². The van der Waals surface area contributed by atoms with E-state index in [0.29, 0.717) is 38.4 Å². The second-order valence-corrected chi connectivity index (χ2v) is 8.95. The number of nitrogens with one attached hydrogen (secondary N) is 1. The number of aromatic nitrogens is 2. The van der Waals surface area contributed by atoms with E-state index in [-0.39, 0.29) is 29.4 Å². The highest BCUT2D eigenvalue weighted by Gasteiger charge is 2.39. The van der Waals surface area contributed by atoms with Crippen LogP contribution in [-0.4, -0.2) is 48.0 Å². The lowest BCUT2D eigenvalue weighted by molar-refractivity contribution is 0.0160. The van der Waals surface area contributed by atoms with Gasteiger partial charge in [0.15, 0.2) is 0 Å². The zero-order valence-corrected chi connectivity index (χ0v) is 18.7. The fourth-order valence-corrected chi connectivity index (χ4v) is 4.64. The number of aryl methyl sites for hydroxylation is 1. The largest absolute Gasteiger partial charge is 0.462 e. The number of amides is 1. The van der Waals surface area contributed by atoms with Gasteiger partial charge in [-0.05, 0) is 56.1 Å². The molecule has 0 bridgehead atoms. The number of benzene rings is 1. The van der Waals surface area contributed by atoms with E-state index >= 15 is 0 Å². The van der Waals surface area contributed by atoms with Gasteiger partial charge in [-0.1, -0.05) is 19.1 Å². The average molecular weight is 444 g/mol. The summed E-state index contributed by atoms with van der Waals surface area (Å²) < 4.78 is 26.5. The van der Waals surface area contributed by atoms with E-state index in [4.69, 9.17) is 14.6 Å².